The molecule has 0 unspecified atom stereocenters. The maximum absolute atomic E-state index is 13.3. The van der Waals surface area contributed by atoms with Gasteiger partial charge < -0.3 is 4.52 Å². The van der Waals surface area contributed by atoms with Crippen molar-refractivity contribution in [2.24, 2.45) is 0 Å². The second-order valence-corrected chi connectivity index (χ2v) is 3.09. The van der Waals surface area contributed by atoms with Crippen LogP contribution in [0.2, 0.25) is 5.02 Å². The molecular formula is C9H5ClFNO2. The fraction of sp³-hybridized carbons (Fsp3) is 0. The highest BCUT2D eigenvalue weighted by Gasteiger charge is 2.11. The Bertz CT molecular complexity index is 497. The van der Waals surface area contributed by atoms with Gasteiger partial charge in [0.25, 0.3) is 0 Å². The number of hydrogen-bond donors (Lipinski definition) is 1. The molecule has 3 nitrogen and oxygen atoms in total. The van der Waals surface area contributed by atoms with E-state index in [1.54, 1.807) is 0 Å². The summed E-state index contributed by atoms with van der Waals surface area (Å²) in [6.07, 6.45) is 0. The lowest BCUT2D eigenvalue weighted by Gasteiger charge is -2.00. The zero-order chi connectivity index (χ0) is 10.1. The smallest absolute Gasteiger partial charge is 0.339 e. The van der Waals surface area contributed by atoms with Crippen molar-refractivity contribution >= 4 is 11.6 Å². The van der Waals surface area contributed by atoms with Crippen LogP contribution in [0.5, 0.6) is 0 Å². The Morgan fingerprint density at radius 3 is 2.79 bits per heavy atom. The molecule has 0 saturated heterocycles. The topological polar surface area (TPSA) is 46.0 Å². The minimum absolute atomic E-state index is 0.139. The molecule has 0 radical (unpaired) electrons. The number of nitrogens with one attached hydrogen (secondary N) is 1. The molecule has 0 aliphatic carbocycles. The van der Waals surface area contributed by atoms with E-state index >= 15 is 0 Å². The normalized spacial score (nSPS) is 10.4. The van der Waals surface area contributed by atoms with Gasteiger partial charge in [-0.2, -0.15) is 0 Å². The van der Waals surface area contributed by atoms with Crippen LogP contribution in [-0.2, 0) is 0 Å². The van der Waals surface area contributed by atoms with Crippen LogP contribution in [0, 0.1) is 5.82 Å². The number of halogens is 2. The number of rotatable bonds is 1. The van der Waals surface area contributed by atoms with Gasteiger partial charge in [-0.15, -0.1) is 0 Å². The summed E-state index contributed by atoms with van der Waals surface area (Å²) in [6, 6.07) is 5.42. The van der Waals surface area contributed by atoms with Crippen molar-refractivity contribution in [3.05, 3.63) is 45.5 Å². The molecule has 0 spiro atoms. The molecule has 2 rings (SSSR count). The lowest BCUT2D eigenvalue weighted by molar-refractivity contribution is 0.393. The van der Waals surface area contributed by atoms with Gasteiger partial charge in [-0.05, 0) is 12.1 Å². The molecular weight excluding hydrogens is 209 g/mol. The first kappa shape index (κ1) is 9.02. The largest absolute Gasteiger partial charge is 0.357 e. The fourth-order valence-corrected chi connectivity index (χ4v) is 1.43. The molecule has 0 saturated carbocycles. The summed E-state index contributed by atoms with van der Waals surface area (Å²) in [5, 5.41) is 2.52. The van der Waals surface area contributed by atoms with E-state index in [4.69, 9.17) is 11.6 Å². The minimum Gasteiger partial charge on any atom is -0.339 e. The maximum Gasteiger partial charge on any atom is 0.357 e. The summed E-state index contributed by atoms with van der Waals surface area (Å²) in [5.41, 5.74) is -0.197. The van der Waals surface area contributed by atoms with Gasteiger partial charge in [-0.25, -0.2) is 14.3 Å². The highest BCUT2D eigenvalue weighted by atomic mass is 35.5. The maximum atomic E-state index is 13.3. The van der Waals surface area contributed by atoms with Gasteiger partial charge >= 0.3 is 5.63 Å². The molecule has 72 valence electrons. The monoisotopic (exact) mass is 213 g/mol. The number of aromatic amines is 1. The Balaban J connectivity index is 2.67. The van der Waals surface area contributed by atoms with Crippen molar-refractivity contribution in [3.8, 4) is 11.3 Å². The number of hydrogen-bond acceptors (Lipinski definition) is 2. The van der Waals surface area contributed by atoms with Gasteiger partial charge in [-0.1, -0.05) is 17.7 Å². The highest BCUT2D eigenvalue weighted by Crippen LogP contribution is 2.28. The standard InChI is InChI=1S/C9H5ClFNO2/c10-5-2-1-3-6(11)9(5)7-4-8(13)14-12-7/h1-4,12H. The van der Waals surface area contributed by atoms with Crippen LogP contribution < -0.4 is 5.63 Å². The molecule has 14 heavy (non-hydrogen) atoms. The van der Waals surface area contributed by atoms with E-state index in [1.807, 2.05) is 0 Å². The van der Waals surface area contributed by atoms with Crippen LogP contribution in [-0.4, -0.2) is 5.16 Å². The van der Waals surface area contributed by atoms with Crippen molar-refractivity contribution in [3.63, 3.8) is 0 Å². The molecule has 5 heteroatoms. The van der Waals surface area contributed by atoms with Crippen LogP contribution in [0.4, 0.5) is 4.39 Å². The van der Waals surface area contributed by atoms with E-state index in [2.05, 4.69) is 9.68 Å². The van der Waals surface area contributed by atoms with Gasteiger partial charge in [-0.3, -0.25) is 0 Å². The number of H-pyrrole nitrogens is 1. The fourth-order valence-electron chi connectivity index (χ4n) is 1.16. The van der Waals surface area contributed by atoms with Crippen molar-refractivity contribution in [1.29, 1.82) is 0 Å². The number of benzene rings is 1. The van der Waals surface area contributed by atoms with Gasteiger partial charge in [0.1, 0.15) is 5.82 Å². The molecule has 0 atom stereocenters. The molecule has 2 aromatic rings. The summed E-state index contributed by atoms with van der Waals surface area (Å²) >= 11 is 5.77. The third-order valence-corrected chi connectivity index (χ3v) is 2.07. The van der Waals surface area contributed by atoms with Gasteiger partial charge in [0.05, 0.1) is 22.3 Å². The van der Waals surface area contributed by atoms with Gasteiger partial charge in [0, 0.05) is 0 Å². The molecule has 1 N–H and O–H groups in total. The molecule has 0 fully saturated rings. The molecule has 0 aliphatic rings. The van der Waals surface area contributed by atoms with Crippen molar-refractivity contribution in [2.75, 3.05) is 0 Å². The van der Waals surface area contributed by atoms with Gasteiger partial charge in [0.2, 0.25) is 0 Å². The average Bonchev–Trinajstić information content (AvgIpc) is 2.51. The van der Waals surface area contributed by atoms with E-state index in [9.17, 15) is 9.18 Å². The van der Waals surface area contributed by atoms with Crippen LogP contribution >= 0.6 is 11.6 Å². The quantitative estimate of drug-likeness (QED) is 0.791. The van der Waals surface area contributed by atoms with Crippen LogP contribution in [0.1, 0.15) is 0 Å². The number of aromatic nitrogens is 1. The lowest BCUT2D eigenvalue weighted by atomic mass is 10.1. The first-order valence-electron chi connectivity index (χ1n) is 3.81. The highest BCUT2D eigenvalue weighted by molar-refractivity contribution is 6.33. The van der Waals surface area contributed by atoms with Gasteiger partial charge in [0.15, 0.2) is 0 Å². The predicted molar refractivity (Wildman–Crippen MR) is 49.7 cm³/mol. The van der Waals surface area contributed by atoms with Crippen LogP contribution in [0.25, 0.3) is 11.3 Å². The summed E-state index contributed by atoms with van der Waals surface area (Å²) in [5.74, 6) is -0.505. The van der Waals surface area contributed by atoms with Crippen molar-refractivity contribution in [1.82, 2.24) is 5.16 Å². The first-order valence-corrected chi connectivity index (χ1v) is 4.19. The lowest BCUT2D eigenvalue weighted by Crippen LogP contribution is -1.87. The Morgan fingerprint density at radius 1 is 1.43 bits per heavy atom. The second kappa shape index (κ2) is 3.31. The summed E-state index contributed by atoms with van der Waals surface area (Å²) < 4.78 is 17.7. The zero-order valence-corrected chi connectivity index (χ0v) is 7.64. The van der Waals surface area contributed by atoms with Crippen LogP contribution in [0.3, 0.4) is 0 Å². The Morgan fingerprint density at radius 2 is 2.21 bits per heavy atom. The molecule has 1 aromatic heterocycles. The Hall–Kier alpha value is -1.55. The molecule has 1 heterocycles. The zero-order valence-electron chi connectivity index (χ0n) is 6.88. The first-order chi connectivity index (χ1) is 6.68. The Labute approximate surface area is 83.1 Å². The van der Waals surface area contributed by atoms with E-state index < -0.39 is 11.4 Å². The Kier molecular flexibility index (Phi) is 2.13. The summed E-state index contributed by atoms with van der Waals surface area (Å²) in [6.45, 7) is 0. The van der Waals surface area contributed by atoms with E-state index in [1.165, 1.54) is 18.2 Å². The summed E-state index contributed by atoms with van der Waals surface area (Å²) in [4.78, 5) is 10.7. The molecule has 0 aliphatic heterocycles. The summed E-state index contributed by atoms with van der Waals surface area (Å²) in [7, 11) is 0. The minimum atomic E-state index is -0.570. The predicted octanol–water partition coefficient (Wildman–Crippen LogP) is 2.43. The van der Waals surface area contributed by atoms with E-state index in [0.717, 1.165) is 6.07 Å². The SMILES string of the molecule is O=c1cc(-c2c(F)cccc2Cl)[nH]o1. The van der Waals surface area contributed by atoms with Crippen molar-refractivity contribution in [2.45, 2.75) is 0 Å². The molecule has 0 bridgehead atoms. The van der Waals surface area contributed by atoms with E-state index in [0.29, 0.717) is 0 Å². The van der Waals surface area contributed by atoms with Crippen LogP contribution in [0.15, 0.2) is 33.6 Å². The molecule has 0 amide bonds. The molecule has 1 aromatic carbocycles. The third kappa shape index (κ3) is 1.44. The van der Waals surface area contributed by atoms with Crippen molar-refractivity contribution < 1.29 is 8.91 Å². The van der Waals surface area contributed by atoms with E-state index in [-0.39, 0.29) is 16.3 Å². The third-order valence-electron chi connectivity index (χ3n) is 1.76. The average molecular weight is 214 g/mol. The second-order valence-electron chi connectivity index (χ2n) is 2.68.